The second kappa shape index (κ2) is 5.60. The van der Waals surface area contributed by atoms with E-state index in [1.165, 1.54) is 18.2 Å². The molecule has 1 N–H and O–H groups in total. The third-order valence-corrected chi connectivity index (χ3v) is 3.38. The number of ether oxygens (including phenoxy) is 2. The Balaban J connectivity index is 1.80. The molecule has 7 nitrogen and oxygen atoms in total. The zero-order valence-corrected chi connectivity index (χ0v) is 12.3. The van der Waals surface area contributed by atoms with Gasteiger partial charge in [0.15, 0.2) is 11.5 Å². The zero-order chi connectivity index (χ0) is 17.5. The highest BCUT2D eigenvalue weighted by molar-refractivity contribution is 6.34. The Labute approximate surface area is 137 Å². The van der Waals surface area contributed by atoms with Crippen LogP contribution in [0.15, 0.2) is 36.4 Å². The minimum absolute atomic E-state index is 0.00902. The summed E-state index contributed by atoms with van der Waals surface area (Å²) in [5.41, 5.74) is -0.110. The minimum atomic E-state index is -3.76. The quantitative estimate of drug-likeness (QED) is 0.666. The van der Waals surface area contributed by atoms with Crippen molar-refractivity contribution >= 4 is 28.9 Å². The van der Waals surface area contributed by atoms with Gasteiger partial charge in [0, 0.05) is 23.9 Å². The summed E-state index contributed by atoms with van der Waals surface area (Å²) in [5.74, 6) is -1.06. The fourth-order valence-electron chi connectivity index (χ4n) is 2.03. The molecule has 2 aromatic rings. The number of alkyl halides is 2. The van der Waals surface area contributed by atoms with Crippen LogP contribution in [-0.2, 0) is 0 Å². The normalized spacial score (nSPS) is 14.3. The Morgan fingerprint density at radius 2 is 1.88 bits per heavy atom. The Morgan fingerprint density at radius 3 is 2.54 bits per heavy atom. The van der Waals surface area contributed by atoms with E-state index in [0.29, 0.717) is 0 Å². The van der Waals surface area contributed by atoms with Crippen LogP contribution in [0.1, 0.15) is 10.4 Å². The molecule has 0 radical (unpaired) electrons. The first kappa shape index (κ1) is 15.9. The number of halogens is 3. The number of fused-ring (bicyclic) bond motifs is 1. The molecule has 0 bridgehead atoms. The number of carbonyl (C=O) groups is 1. The summed E-state index contributed by atoms with van der Waals surface area (Å²) in [5, 5.41) is 13.0. The van der Waals surface area contributed by atoms with Crippen molar-refractivity contribution in [3.63, 3.8) is 0 Å². The number of nitro groups is 1. The molecule has 0 saturated carbocycles. The van der Waals surface area contributed by atoms with E-state index in [4.69, 9.17) is 11.6 Å². The van der Waals surface area contributed by atoms with Gasteiger partial charge in [-0.25, -0.2) is 0 Å². The molecule has 1 aliphatic rings. The van der Waals surface area contributed by atoms with E-state index in [1.807, 2.05) is 0 Å². The first-order valence-electron chi connectivity index (χ1n) is 6.40. The van der Waals surface area contributed by atoms with Gasteiger partial charge in [-0.1, -0.05) is 11.6 Å². The molecular weight excluding hydrogens is 350 g/mol. The van der Waals surface area contributed by atoms with Crippen LogP contribution < -0.4 is 14.8 Å². The lowest BCUT2D eigenvalue weighted by molar-refractivity contribution is -0.384. The molecule has 10 heteroatoms. The van der Waals surface area contributed by atoms with E-state index in [-0.39, 0.29) is 33.5 Å². The molecule has 0 unspecified atom stereocenters. The summed E-state index contributed by atoms with van der Waals surface area (Å²) in [6, 6.07) is 7.06. The van der Waals surface area contributed by atoms with Crippen molar-refractivity contribution in [2.45, 2.75) is 6.29 Å². The van der Waals surface area contributed by atoms with Crippen molar-refractivity contribution < 1.29 is 28.0 Å². The van der Waals surface area contributed by atoms with Crippen molar-refractivity contribution in [1.82, 2.24) is 0 Å². The molecule has 0 saturated heterocycles. The number of carbonyl (C=O) groups excluding carboxylic acids is 1. The fourth-order valence-corrected chi connectivity index (χ4v) is 2.29. The predicted octanol–water partition coefficient (Wildman–Crippen LogP) is 3.82. The number of amides is 1. The number of rotatable bonds is 3. The summed E-state index contributed by atoms with van der Waals surface area (Å²) in [6.07, 6.45) is -3.76. The second-order valence-electron chi connectivity index (χ2n) is 4.70. The molecular formula is C14H7ClF2N2O5. The largest absolute Gasteiger partial charge is 0.586 e. The van der Waals surface area contributed by atoms with Crippen LogP contribution >= 0.6 is 11.6 Å². The smallest absolute Gasteiger partial charge is 0.395 e. The summed E-state index contributed by atoms with van der Waals surface area (Å²) < 4.78 is 34.4. The Hall–Kier alpha value is -2.94. The number of anilines is 1. The molecule has 0 spiro atoms. The molecule has 1 amide bonds. The maximum absolute atomic E-state index is 12.9. The number of nitro benzene ring substituents is 1. The maximum Gasteiger partial charge on any atom is 0.586 e. The fraction of sp³-hybridized carbons (Fsp3) is 0.0714. The van der Waals surface area contributed by atoms with Gasteiger partial charge in [0.05, 0.1) is 15.5 Å². The SMILES string of the molecule is O=C(Nc1ccc2c(c1)OC(F)(F)O2)c1ccc([N+](=O)[O-])cc1Cl. The third-order valence-electron chi connectivity index (χ3n) is 3.07. The van der Waals surface area contributed by atoms with Crippen LogP contribution in [0.2, 0.25) is 5.02 Å². The van der Waals surface area contributed by atoms with Gasteiger partial charge < -0.3 is 14.8 Å². The maximum atomic E-state index is 12.9. The Bertz CT molecular complexity index is 859. The summed E-state index contributed by atoms with van der Waals surface area (Å²) in [7, 11) is 0. The number of benzene rings is 2. The Kier molecular flexibility index (Phi) is 3.72. The van der Waals surface area contributed by atoms with Crippen molar-refractivity contribution in [3.05, 3.63) is 57.1 Å². The van der Waals surface area contributed by atoms with Gasteiger partial charge in [0.25, 0.3) is 11.6 Å². The van der Waals surface area contributed by atoms with E-state index in [0.717, 1.165) is 18.2 Å². The third kappa shape index (κ3) is 3.06. The van der Waals surface area contributed by atoms with Crippen LogP contribution in [0.4, 0.5) is 20.2 Å². The number of non-ortho nitro benzene ring substituents is 1. The van der Waals surface area contributed by atoms with Crippen LogP contribution in [0.25, 0.3) is 0 Å². The highest BCUT2D eigenvalue weighted by Crippen LogP contribution is 2.42. The first-order valence-corrected chi connectivity index (χ1v) is 6.78. The van der Waals surface area contributed by atoms with E-state index in [2.05, 4.69) is 14.8 Å². The van der Waals surface area contributed by atoms with Gasteiger partial charge in [0.2, 0.25) is 0 Å². The molecule has 3 rings (SSSR count). The molecule has 1 aliphatic heterocycles. The van der Waals surface area contributed by atoms with Crippen molar-refractivity contribution in [3.8, 4) is 11.5 Å². The second-order valence-corrected chi connectivity index (χ2v) is 5.11. The summed E-state index contributed by atoms with van der Waals surface area (Å²) in [6.45, 7) is 0. The molecule has 2 aromatic carbocycles. The zero-order valence-electron chi connectivity index (χ0n) is 11.6. The summed E-state index contributed by atoms with van der Waals surface area (Å²) >= 11 is 5.86. The average molecular weight is 357 g/mol. The van der Waals surface area contributed by atoms with Crippen molar-refractivity contribution in [2.75, 3.05) is 5.32 Å². The minimum Gasteiger partial charge on any atom is -0.395 e. The summed E-state index contributed by atoms with van der Waals surface area (Å²) in [4.78, 5) is 22.2. The standard InChI is InChI=1S/C14H7ClF2N2O5/c15-10-6-8(19(21)22)2-3-9(10)13(20)18-7-1-4-11-12(5-7)24-14(16,17)23-11/h1-6H,(H,18,20). The van der Waals surface area contributed by atoms with Gasteiger partial charge in [0.1, 0.15) is 0 Å². The van der Waals surface area contributed by atoms with Gasteiger partial charge >= 0.3 is 6.29 Å². The molecule has 124 valence electrons. The van der Waals surface area contributed by atoms with Gasteiger partial charge in [-0.2, -0.15) is 0 Å². The lowest BCUT2D eigenvalue weighted by Gasteiger charge is -2.07. The van der Waals surface area contributed by atoms with Crippen molar-refractivity contribution in [2.24, 2.45) is 0 Å². The molecule has 0 atom stereocenters. The van der Waals surface area contributed by atoms with Gasteiger partial charge in [-0.15, -0.1) is 8.78 Å². The van der Waals surface area contributed by atoms with E-state index in [1.54, 1.807) is 0 Å². The Morgan fingerprint density at radius 1 is 1.17 bits per heavy atom. The lowest BCUT2D eigenvalue weighted by atomic mass is 10.2. The highest BCUT2D eigenvalue weighted by Gasteiger charge is 2.43. The number of hydrogen-bond acceptors (Lipinski definition) is 5. The van der Waals surface area contributed by atoms with Crippen LogP contribution in [0, 0.1) is 10.1 Å². The van der Waals surface area contributed by atoms with Crippen molar-refractivity contribution in [1.29, 1.82) is 0 Å². The molecule has 0 fully saturated rings. The molecule has 0 aliphatic carbocycles. The van der Waals surface area contributed by atoms with Gasteiger partial charge in [-0.3, -0.25) is 14.9 Å². The van der Waals surface area contributed by atoms with E-state index < -0.39 is 17.1 Å². The van der Waals surface area contributed by atoms with E-state index >= 15 is 0 Å². The highest BCUT2D eigenvalue weighted by atomic mass is 35.5. The number of nitrogens with zero attached hydrogens (tertiary/aromatic N) is 1. The van der Waals surface area contributed by atoms with Gasteiger partial charge in [-0.05, 0) is 18.2 Å². The van der Waals surface area contributed by atoms with Crippen LogP contribution in [-0.4, -0.2) is 17.1 Å². The topological polar surface area (TPSA) is 90.7 Å². The average Bonchev–Trinajstić information content (AvgIpc) is 2.79. The number of hydrogen-bond donors (Lipinski definition) is 1. The van der Waals surface area contributed by atoms with Crippen LogP contribution in [0.3, 0.4) is 0 Å². The predicted molar refractivity (Wildman–Crippen MR) is 78.7 cm³/mol. The monoisotopic (exact) mass is 356 g/mol. The lowest BCUT2D eigenvalue weighted by Crippen LogP contribution is -2.25. The van der Waals surface area contributed by atoms with E-state index in [9.17, 15) is 23.7 Å². The molecule has 1 heterocycles. The first-order chi connectivity index (χ1) is 11.2. The number of nitrogens with one attached hydrogen (secondary N) is 1. The molecule has 0 aromatic heterocycles. The molecule has 24 heavy (non-hydrogen) atoms. The van der Waals surface area contributed by atoms with Crippen LogP contribution in [0.5, 0.6) is 11.5 Å².